The minimum absolute atomic E-state index is 0.0664. The second-order valence-electron chi connectivity index (χ2n) is 7.75. The predicted molar refractivity (Wildman–Crippen MR) is 137 cm³/mol. The molecule has 0 spiro atoms. The molecule has 1 N–H and O–H groups in total. The number of anilines is 2. The highest BCUT2D eigenvalue weighted by Crippen LogP contribution is 2.41. The molecule has 1 saturated heterocycles. The van der Waals surface area contributed by atoms with Crippen LogP contribution in [0, 0.1) is 6.57 Å². The summed E-state index contributed by atoms with van der Waals surface area (Å²) in [7, 11) is 1.58. The van der Waals surface area contributed by atoms with Crippen LogP contribution in [0.2, 0.25) is 5.02 Å². The lowest BCUT2D eigenvalue weighted by Crippen LogP contribution is -2.41. The summed E-state index contributed by atoms with van der Waals surface area (Å²) in [6.45, 7) is 12.4. The van der Waals surface area contributed by atoms with E-state index in [1.165, 1.54) is 12.3 Å². The number of fused-ring (bicyclic) bond motifs is 1. The molecule has 0 radical (unpaired) electrons. The average molecular weight is 542 g/mol. The Bertz CT molecular complexity index is 1300. The second kappa shape index (κ2) is 10.3. The summed E-state index contributed by atoms with van der Waals surface area (Å²) in [5.41, 5.74) is 2.38. The molecule has 0 bridgehead atoms. The van der Waals surface area contributed by atoms with E-state index < -0.39 is 0 Å². The molecule has 174 valence electrons. The highest BCUT2D eigenvalue weighted by atomic mass is 79.9. The summed E-state index contributed by atoms with van der Waals surface area (Å²) in [5, 5.41) is 4.60. The van der Waals surface area contributed by atoms with Crippen LogP contribution in [0.5, 0.6) is 11.5 Å². The number of aromatic nitrogens is 1. The fourth-order valence-electron chi connectivity index (χ4n) is 3.88. The summed E-state index contributed by atoms with van der Waals surface area (Å²) in [6.07, 6.45) is 4.19. The number of halogens is 2. The molecule has 1 aliphatic rings. The number of carbonyl (C=O) groups is 1. The molecule has 0 aliphatic carbocycles. The Hall–Kier alpha value is -3.28. The van der Waals surface area contributed by atoms with Crippen LogP contribution in [0.4, 0.5) is 17.1 Å². The molecule has 4 rings (SSSR count). The average Bonchev–Trinajstić information content (AvgIpc) is 2.86. The smallest absolute Gasteiger partial charge is 0.245 e. The second-order valence-corrected chi connectivity index (χ2v) is 9.01. The van der Waals surface area contributed by atoms with E-state index in [9.17, 15) is 4.79 Å². The maximum atomic E-state index is 11.9. The van der Waals surface area contributed by atoms with Gasteiger partial charge in [0.25, 0.3) is 0 Å². The van der Waals surface area contributed by atoms with Gasteiger partial charge in [-0.3, -0.25) is 9.78 Å². The molecule has 0 atom stereocenters. The molecule has 2 heterocycles. The lowest BCUT2D eigenvalue weighted by atomic mass is 10.1. The van der Waals surface area contributed by atoms with Crippen molar-refractivity contribution < 1.29 is 14.3 Å². The van der Waals surface area contributed by atoms with Crippen molar-refractivity contribution in [3.8, 4) is 11.5 Å². The summed E-state index contributed by atoms with van der Waals surface area (Å²) in [6, 6.07) is 9.14. The van der Waals surface area contributed by atoms with Gasteiger partial charge in [-0.05, 0) is 46.3 Å². The Morgan fingerprint density at radius 1 is 1.32 bits per heavy atom. The third-order valence-electron chi connectivity index (χ3n) is 5.66. The van der Waals surface area contributed by atoms with E-state index in [0.717, 1.165) is 15.5 Å². The van der Waals surface area contributed by atoms with Gasteiger partial charge in [0.2, 0.25) is 11.6 Å². The van der Waals surface area contributed by atoms with Crippen LogP contribution >= 0.6 is 27.5 Å². The lowest BCUT2D eigenvalue weighted by Gasteiger charge is -2.31. The number of rotatable bonds is 6. The van der Waals surface area contributed by atoms with E-state index in [0.29, 0.717) is 59.3 Å². The van der Waals surface area contributed by atoms with E-state index in [1.807, 2.05) is 18.2 Å². The van der Waals surface area contributed by atoms with Crippen molar-refractivity contribution in [2.24, 2.45) is 0 Å². The van der Waals surface area contributed by atoms with Gasteiger partial charge in [-0.15, -0.1) is 0 Å². The minimum atomic E-state index is -0.0705. The number of nitrogens with one attached hydrogen (secondary N) is 1. The van der Waals surface area contributed by atoms with Crippen molar-refractivity contribution in [2.75, 3.05) is 25.5 Å². The third kappa shape index (κ3) is 4.96. The topological polar surface area (TPSA) is 68.0 Å². The van der Waals surface area contributed by atoms with Crippen molar-refractivity contribution in [1.29, 1.82) is 0 Å². The number of methoxy groups -OCH3 is 1. The molecule has 2 aromatic carbocycles. The zero-order valence-corrected chi connectivity index (χ0v) is 20.8. The highest BCUT2D eigenvalue weighted by molar-refractivity contribution is 9.10. The van der Waals surface area contributed by atoms with Gasteiger partial charge in [-0.25, -0.2) is 4.85 Å². The van der Waals surface area contributed by atoms with Crippen LogP contribution in [0.1, 0.15) is 12.8 Å². The van der Waals surface area contributed by atoms with E-state index in [1.54, 1.807) is 24.1 Å². The fourth-order valence-corrected chi connectivity index (χ4v) is 4.31. The highest BCUT2D eigenvalue weighted by Gasteiger charge is 2.24. The van der Waals surface area contributed by atoms with E-state index in [4.69, 9.17) is 27.6 Å². The standard InChI is InChI=1S/C25H22BrClN4O3/c1-4-24(32)31-9-7-16(8-10-31)34-23-12-17-20(13-22(23)33-3)29-14-21(28-2)25(17)30-15-5-6-18(26)19(27)11-15/h4-6,11-14,16H,1,7-10H2,3H3,(H,29,30). The van der Waals surface area contributed by atoms with Crippen LogP contribution in [0.15, 0.2) is 53.7 Å². The predicted octanol–water partition coefficient (Wildman–Crippen LogP) is 6.51. The number of likely N-dealkylation sites (tertiary alicyclic amines) is 1. The molecule has 1 fully saturated rings. The quantitative estimate of drug-likeness (QED) is 0.285. The van der Waals surface area contributed by atoms with Crippen molar-refractivity contribution in [3.05, 3.63) is 70.1 Å². The minimum Gasteiger partial charge on any atom is -0.493 e. The summed E-state index contributed by atoms with van der Waals surface area (Å²) in [5.74, 6) is 1.05. The number of amides is 1. The van der Waals surface area contributed by atoms with Crippen LogP contribution in [-0.2, 0) is 4.79 Å². The Morgan fingerprint density at radius 2 is 2.09 bits per heavy atom. The molecular formula is C25H22BrClN4O3. The van der Waals surface area contributed by atoms with Gasteiger partial charge in [0.05, 0.1) is 29.9 Å². The van der Waals surface area contributed by atoms with Crippen molar-refractivity contribution in [3.63, 3.8) is 0 Å². The van der Waals surface area contributed by atoms with Crippen LogP contribution in [-0.4, -0.2) is 42.1 Å². The summed E-state index contributed by atoms with van der Waals surface area (Å²) >= 11 is 9.65. The number of ether oxygens (including phenoxy) is 2. The van der Waals surface area contributed by atoms with Gasteiger partial charge in [0.1, 0.15) is 6.10 Å². The molecule has 1 aromatic heterocycles. The Morgan fingerprint density at radius 3 is 2.74 bits per heavy atom. The molecule has 0 saturated carbocycles. The van der Waals surface area contributed by atoms with Gasteiger partial charge in [0, 0.05) is 53.7 Å². The fraction of sp³-hybridized carbons (Fsp3) is 0.240. The normalized spacial score (nSPS) is 13.9. The molecule has 1 amide bonds. The first-order valence-corrected chi connectivity index (χ1v) is 11.8. The largest absolute Gasteiger partial charge is 0.493 e. The monoisotopic (exact) mass is 540 g/mol. The van der Waals surface area contributed by atoms with Crippen molar-refractivity contribution >= 4 is 61.4 Å². The molecular weight excluding hydrogens is 520 g/mol. The Balaban J connectivity index is 1.68. The third-order valence-corrected chi connectivity index (χ3v) is 6.90. The van der Waals surface area contributed by atoms with Crippen LogP contribution in [0.3, 0.4) is 0 Å². The SMILES string of the molecule is [C-]#[N+]c1cnc2cc(OC)c(OC3CCN(C(=O)C=C)CC3)cc2c1Nc1ccc(Br)c(Cl)c1. The summed E-state index contributed by atoms with van der Waals surface area (Å²) in [4.78, 5) is 21.7. The van der Waals surface area contributed by atoms with E-state index >= 15 is 0 Å². The zero-order valence-electron chi connectivity index (χ0n) is 18.5. The van der Waals surface area contributed by atoms with Gasteiger partial charge in [-0.2, -0.15) is 0 Å². The first-order chi connectivity index (χ1) is 16.4. The first kappa shape index (κ1) is 23.9. The lowest BCUT2D eigenvalue weighted by molar-refractivity contribution is -0.127. The zero-order chi connectivity index (χ0) is 24.2. The van der Waals surface area contributed by atoms with Crippen molar-refractivity contribution in [1.82, 2.24) is 9.88 Å². The molecule has 3 aromatic rings. The number of carbonyl (C=O) groups excluding carboxylic acids is 1. The molecule has 1 aliphatic heterocycles. The van der Waals surface area contributed by atoms with Crippen LogP contribution < -0.4 is 14.8 Å². The Kier molecular flexibility index (Phi) is 7.25. The number of piperidine rings is 1. The van der Waals surface area contributed by atoms with Crippen molar-refractivity contribution in [2.45, 2.75) is 18.9 Å². The summed E-state index contributed by atoms with van der Waals surface area (Å²) < 4.78 is 12.7. The first-order valence-electron chi connectivity index (χ1n) is 10.6. The molecule has 34 heavy (non-hydrogen) atoms. The van der Waals surface area contributed by atoms with E-state index in [2.05, 4.69) is 37.7 Å². The number of pyridine rings is 1. The van der Waals surface area contributed by atoms with E-state index in [-0.39, 0.29) is 12.0 Å². The molecule has 9 heteroatoms. The Labute approximate surface area is 211 Å². The van der Waals surface area contributed by atoms with Gasteiger partial charge < -0.3 is 19.7 Å². The number of hydrogen-bond acceptors (Lipinski definition) is 5. The van der Waals surface area contributed by atoms with Gasteiger partial charge >= 0.3 is 0 Å². The number of benzene rings is 2. The maximum absolute atomic E-state index is 11.9. The number of hydrogen-bond donors (Lipinski definition) is 1. The van der Waals surface area contributed by atoms with Gasteiger partial charge in [-0.1, -0.05) is 18.2 Å². The number of nitrogens with zero attached hydrogens (tertiary/aromatic N) is 3. The molecule has 7 nitrogen and oxygen atoms in total. The maximum Gasteiger partial charge on any atom is 0.245 e. The molecule has 0 unspecified atom stereocenters. The van der Waals surface area contributed by atoms with Gasteiger partial charge in [0.15, 0.2) is 11.5 Å². The van der Waals surface area contributed by atoms with Crippen LogP contribution in [0.25, 0.3) is 15.7 Å².